The SMILES string of the molecule is C[Si](C)(C)C#Cc1ccc2c(-n3ccc(=O)[nH]c3=O)coc2c1. The predicted molar refractivity (Wildman–Crippen MR) is 92.7 cm³/mol. The summed E-state index contributed by atoms with van der Waals surface area (Å²) in [5, 5.41) is 0.790. The first kappa shape index (κ1) is 15.1. The number of fused-ring (bicyclic) bond motifs is 1. The van der Waals surface area contributed by atoms with E-state index in [1.54, 1.807) is 0 Å². The lowest BCUT2D eigenvalue weighted by atomic mass is 10.1. The van der Waals surface area contributed by atoms with Gasteiger partial charge in [0, 0.05) is 23.2 Å². The normalized spacial score (nSPS) is 11.3. The van der Waals surface area contributed by atoms with Crippen LogP contribution in [-0.2, 0) is 0 Å². The van der Waals surface area contributed by atoms with Gasteiger partial charge < -0.3 is 4.42 Å². The minimum Gasteiger partial charge on any atom is -0.462 e. The van der Waals surface area contributed by atoms with Crippen LogP contribution in [-0.4, -0.2) is 17.6 Å². The molecule has 1 aromatic carbocycles. The Labute approximate surface area is 133 Å². The van der Waals surface area contributed by atoms with Gasteiger partial charge in [0.05, 0.1) is 5.69 Å². The van der Waals surface area contributed by atoms with Gasteiger partial charge in [-0.15, -0.1) is 5.54 Å². The van der Waals surface area contributed by atoms with Crippen molar-refractivity contribution in [1.82, 2.24) is 9.55 Å². The van der Waals surface area contributed by atoms with Crippen molar-refractivity contribution in [1.29, 1.82) is 0 Å². The minimum absolute atomic E-state index is 0.428. The Balaban J connectivity index is 2.10. The van der Waals surface area contributed by atoms with Crippen molar-refractivity contribution in [2.45, 2.75) is 19.6 Å². The summed E-state index contributed by atoms with van der Waals surface area (Å²) in [6.45, 7) is 6.56. The summed E-state index contributed by atoms with van der Waals surface area (Å²) >= 11 is 0. The molecule has 0 radical (unpaired) electrons. The molecule has 3 aromatic rings. The molecule has 0 saturated carbocycles. The smallest absolute Gasteiger partial charge is 0.333 e. The van der Waals surface area contributed by atoms with Crippen molar-refractivity contribution >= 4 is 19.0 Å². The largest absolute Gasteiger partial charge is 0.462 e. The molecule has 3 rings (SSSR count). The van der Waals surface area contributed by atoms with E-state index in [2.05, 4.69) is 36.1 Å². The average Bonchev–Trinajstić information content (AvgIpc) is 2.87. The van der Waals surface area contributed by atoms with E-state index in [0.29, 0.717) is 11.3 Å². The van der Waals surface area contributed by atoms with Crippen LogP contribution < -0.4 is 11.2 Å². The lowest BCUT2D eigenvalue weighted by Gasteiger charge is -2.03. The molecule has 0 unspecified atom stereocenters. The van der Waals surface area contributed by atoms with Gasteiger partial charge in [0.2, 0.25) is 0 Å². The fourth-order valence-electron chi connectivity index (χ4n) is 2.15. The first-order chi connectivity index (χ1) is 10.8. The number of aromatic nitrogens is 2. The van der Waals surface area contributed by atoms with Crippen LogP contribution in [0.2, 0.25) is 19.6 Å². The van der Waals surface area contributed by atoms with Gasteiger partial charge in [-0.1, -0.05) is 25.6 Å². The van der Waals surface area contributed by atoms with E-state index in [-0.39, 0.29) is 0 Å². The second kappa shape index (κ2) is 5.45. The Bertz CT molecular complexity index is 1060. The van der Waals surface area contributed by atoms with Crippen molar-refractivity contribution in [3.05, 3.63) is 63.1 Å². The minimum atomic E-state index is -1.44. The van der Waals surface area contributed by atoms with E-state index < -0.39 is 19.3 Å². The van der Waals surface area contributed by atoms with Gasteiger partial charge in [0.1, 0.15) is 19.9 Å². The Kier molecular flexibility index (Phi) is 3.58. The average molecular weight is 324 g/mol. The molecule has 2 aromatic heterocycles. The lowest BCUT2D eigenvalue weighted by molar-refractivity contribution is 0.611. The standard InChI is InChI=1S/C17H16N2O3Si/c1-23(2,3)9-7-12-4-5-13-14(11-22-15(13)10-12)19-8-6-16(20)18-17(19)21/h4-6,8,10-11H,1-3H3,(H,18,20,21). The number of benzene rings is 1. The van der Waals surface area contributed by atoms with Crippen molar-refractivity contribution in [3.8, 4) is 17.2 Å². The lowest BCUT2D eigenvalue weighted by Crippen LogP contribution is -2.27. The number of nitrogens with zero attached hydrogens (tertiary/aromatic N) is 1. The molecule has 0 amide bonds. The van der Waals surface area contributed by atoms with Gasteiger partial charge in [-0.25, -0.2) is 4.79 Å². The van der Waals surface area contributed by atoms with Gasteiger partial charge >= 0.3 is 5.69 Å². The maximum absolute atomic E-state index is 11.9. The number of hydrogen-bond donors (Lipinski definition) is 1. The van der Waals surface area contributed by atoms with Crippen LogP contribution in [0.4, 0.5) is 0 Å². The molecule has 0 bridgehead atoms. The molecule has 2 heterocycles. The predicted octanol–water partition coefficient (Wildman–Crippen LogP) is 2.50. The second-order valence-electron chi connectivity index (χ2n) is 6.31. The Morgan fingerprint density at radius 2 is 1.96 bits per heavy atom. The summed E-state index contributed by atoms with van der Waals surface area (Å²) < 4.78 is 6.90. The number of furan rings is 1. The molecule has 116 valence electrons. The number of nitrogens with one attached hydrogen (secondary N) is 1. The number of aromatic amines is 1. The van der Waals surface area contributed by atoms with Crippen LogP contribution >= 0.6 is 0 Å². The fraction of sp³-hybridized carbons (Fsp3) is 0.176. The number of hydrogen-bond acceptors (Lipinski definition) is 3. The van der Waals surface area contributed by atoms with E-state index in [4.69, 9.17) is 4.42 Å². The molecule has 0 aliphatic rings. The van der Waals surface area contributed by atoms with Crippen molar-refractivity contribution < 1.29 is 4.42 Å². The first-order valence-electron chi connectivity index (χ1n) is 7.20. The summed E-state index contributed by atoms with van der Waals surface area (Å²) in [6, 6.07) is 6.95. The van der Waals surface area contributed by atoms with Gasteiger partial charge in [0.15, 0.2) is 0 Å². The summed E-state index contributed by atoms with van der Waals surface area (Å²) in [6.07, 6.45) is 2.93. The van der Waals surface area contributed by atoms with Crippen LogP contribution in [0.1, 0.15) is 5.56 Å². The monoisotopic (exact) mass is 324 g/mol. The maximum Gasteiger partial charge on any atom is 0.333 e. The van der Waals surface area contributed by atoms with Crippen LogP contribution in [0.25, 0.3) is 16.7 Å². The molecular formula is C17H16N2O3Si. The third-order valence-corrected chi connectivity index (χ3v) is 4.10. The molecule has 23 heavy (non-hydrogen) atoms. The summed E-state index contributed by atoms with van der Waals surface area (Å²) in [5.41, 5.74) is 4.51. The zero-order chi connectivity index (χ0) is 16.6. The van der Waals surface area contributed by atoms with E-state index >= 15 is 0 Å². The molecule has 6 heteroatoms. The van der Waals surface area contributed by atoms with Crippen LogP contribution in [0.3, 0.4) is 0 Å². The highest BCUT2D eigenvalue weighted by Gasteiger charge is 2.11. The second-order valence-corrected chi connectivity index (χ2v) is 11.1. The zero-order valence-corrected chi connectivity index (χ0v) is 14.1. The topological polar surface area (TPSA) is 68.0 Å². The number of rotatable bonds is 1. The van der Waals surface area contributed by atoms with Crippen molar-refractivity contribution in [2.24, 2.45) is 0 Å². The molecule has 5 nitrogen and oxygen atoms in total. The van der Waals surface area contributed by atoms with Gasteiger partial charge in [0.25, 0.3) is 5.56 Å². The molecule has 0 aliphatic heterocycles. The molecule has 1 N–H and O–H groups in total. The highest BCUT2D eigenvalue weighted by Crippen LogP contribution is 2.24. The Morgan fingerprint density at radius 1 is 1.17 bits per heavy atom. The molecule has 0 atom stereocenters. The van der Waals surface area contributed by atoms with Crippen molar-refractivity contribution in [3.63, 3.8) is 0 Å². The van der Waals surface area contributed by atoms with Gasteiger partial charge in [-0.05, 0) is 18.2 Å². The van der Waals surface area contributed by atoms with E-state index in [9.17, 15) is 9.59 Å². The summed E-state index contributed by atoms with van der Waals surface area (Å²) in [5.74, 6) is 3.18. The Hall–Kier alpha value is -2.78. The molecular weight excluding hydrogens is 308 g/mol. The van der Waals surface area contributed by atoms with Gasteiger partial charge in [-0.3, -0.25) is 14.3 Å². The Morgan fingerprint density at radius 3 is 2.65 bits per heavy atom. The van der Waals surface area contributed by atoms with Gasteiger partial charge in [-0.2, -0.15) is 0 Å². The van der Waals surface area contributed by atoms with E-state index in [1.807, 2.05) is 18.2 Å². The fourth-order valence-corrected chi connectivity index (χ4v) is 2.66. The van der Waals surface area contributed by atoms with E-state index in [0.717, 1.165) is 10.9 Å². The van der Waals surface area contributed by atoms with Crippen LogP contribution in [0.5, 0.6) is 0 Å². The van der Waals surface area contributed by atoms with Crippen LogP contribution in [0, 0.1) is 11.5 Å². The molecule has 0 spiro atoms. The molecule has 0 fully saturated rings. The van der Waals surface area contributed by atoms with Crippen LogP contribution in [0.15, 0.2) is 50.7 Å². The van der Waals surface area contributed by atoms with Crippen molar-refractivity contribution in [2.75, 3.05) is 0 Å². The molecule has 0 saturated heterocycles. The summed E-state index contributed by atoms with van der Waals surface area (Å²) in [7, 11) is -1.44. The van der Waals surface area contributed by atoms with E-state index in [1.165, 1.54) is 23.1 Å². The highest BCUT2D eigenvalue weighted by molar-refractivity contribution is 6.83. The highest BCUT2D eigenvalue weighted by atomic mass is 28.3. The third-order valence-electron chi connectivity index (χ3n) is 3.22. The first-order valence-corrected chi connectivity index (χ1v) is 10.7. The summed E-state index contributed by atoms with van der Waals surface area (Å²) in [4.78, 5) is 25.3. The molecule has 0 aliphatic carbocycles. The quantitative estimate of drug-likeness (QED) is 0.552. The zero-order valence-electron chi connectivity index (χ0n) is 13.1. The number of H-pyrrole nitrogens is 1. The maximum atomic E-state index is 11.9. The third kappa shape index (κ3) is 3.20.